The van der Waals surface area contributed by atoms with Gasteiger partial charge in [-0.3, -0.25) is 4.79 Å². The van der Waals surface area contributed by atoms with Crippen molar-refractivity contribution in [3.05, 3.63) is 34.2 Å². The summed E-state index contributed by atoms with van der Waals surface area (Å²) < 4.78 is 54.3. The number of esters is 1. The number of cyclic esters (lactones) is 1. The Labute approximate surface area is 399 Å². The van der Waals surface area contributed by atoms with Crippen molar-refractivity contribution in [3.63, 3.8) is 0 Å². The van der Waals surface area contributed by atoms with Gasteiger partial charge in [0.15, 0.2) is 24.1 Å². The highest BCUT2D eigenvalue weighted by molar-refractivity contribution is 5.89. The van der Waals surface area contributed by atoms with Crippen molar-refractivity contribution in [3.8, 4) is 11.5 Å². The molecule has 1 aromatic carbocycles. The Hall–Kier alpha value is -3.47. The van der Waals surface area contributed by atoms with Gasteiger partial charge in [0, 0.05) is 60.4 Å². The fraction of sp³-hybridized carbons (Fsp3) is 0.776. The first-order chi connectivity index (χ1) is 31.7. The van der Waals surface area contributed by atoms with Gasteiger partial charge in [-0.2, -0.15) is 0 Å². The number of likely N-dealkylation sites (N-methyl/N-ethyl adjacent to an activating group) is 1. The number of aliphatic hydroxyl groups is 5. The van der Waals surface area contributed by atoms with E-state index in [1.165, 1.54) is 40.4 Å². The van der Waals surface area contributed by atoms with Crippen LogP contribution in [0.5, 0.6) is 11.5 Å². The zero-order valence-electron chi connectivity index (χ0n) is 42.5. The molecule has 386 valence electrons. The lowest BCUT2D eigenvalue weighted by Gasteiger charge is -2.49. The number of nitrogens with zero attached hydrogens (tertiary/aromatic N) is 2. The Kier molecular flexibility index (Phi) is 18.2. The minimum absolute atomic E-state index is 0.0625. The number of hydrogen-bond acceptors (Lipinski definition) is 19. The van der Waals surface area contributed by atoms with E-state index in [9.17, 15) is 35.1 Å². The Morgan fingerprint density at radius 1 is 0.853 bits per heavy atom. The summed E-state index contributed by atoms with van der Waals surface area (Å²) >= 11 is 0. The van der Waals surface area contributed by atoms with Gasteiger partial charge < -0.3 is 77.6 Å². The lowest BCUT2D eigenvalue weighted by atomic mass is 9.73. The molecule has 5 rings (SSSR count). The SMILES string of the molecule is CC[C@H]1OC(=O)[C@H](C)[C@@H](O[C@H]2C[C@@](C)(OC)[C@@H](O)[C@H](C)O2)[C@H](C)[C@@H](O[C@@H]2O[C@H](C)C[C@H](N(C)C)[C@H]2O)[C@](C)(O)C[C@@H](C)C(=NOCc2cc(=O)oc3cc(OC)c(OC)cc23)[C@H](C)[C@@H](O)[C@]1(C)O. The van der Waals surface area contributed by atoms with Gasteiger partial charge in [-0.1, -0.05) is 32.9 Å². The summed E-state index contributed by atoms with van der Waals surface area (Å²) in [6.07, 6.45) is -10.2. The second kappa shape index (κ2) is 22.3. The molecule has 68 heavy (non-hydrogen) atoms. The average molecular weight is 967 g/mol. The van der Waals surface area contributed by atoms with Crippen molar-refractivity contribution in [1.29, 1.82) is 0 Å². The van der Waals surface area contributed by atoms with E-state index < -0.39 is 107 Å². The molecule has 18 atom stereocenters. The molecule has 5 N–H and O–H groups in total. The second-order valence-electron chi connectivity index (χ2n) is 20.2. The number of oxime groups is 1. The third-order valence-electron chi connectivity index (χ3n) is 14.6. The number of ether oxygens (including phenoxy) is 8. The highest BCUT2D eigenvalue weighted by atomic mass is 16.7. The normalized spacial score (nSPS) is 40.8. The standard InChI is InChI=1S/C49H78N2O17/c1-16-36-49(10,58)42(54)26(4)39(50-62-23-30-18-37(52)65-33-20-35(60-14)34(59-13)19-31(30)33)24(2)21-47(8,57)44(68-46-40(53)32(51(11)12)17-25(3)63-46)27(5)41(28(6)45(56)66-36)67-38-22-48(9,61-15)43(55)29(7)64-38/h18-20,24-29,32,36,38,40-44,46,53-55,57-58H,16-17,21-23H2,1-15H3/t24-,25-,26+,27+,28-,29+,32+,36-,38+,40-,41+,42-,43+,44-,46+,47-,48-,49-/m1/s1. The molecule has 2 aromatic rings. The second-order valence-corrected chi connectivity index (χ2v) is 20.2. The first-order valence-corrected chi connectivity index (χ1v) is 23.7. The summed E-state index contributed by atoms with van der Waals surface area (Å²) in [5.74, 6) is -3.78. The quantitative estimate of drug-likeness (QED) is 0.115. The van der Waals surface area contributed by atoms with Crippen molar-refractivity contribution in [1.82, 2.24) is 4.90 Å². The van der Waals surface area contributed by atoms with E-state index >= 15 is 0 Å². The van der Waals surface area contributed by atoms with Crippen LogP contribution in [0.25, 0.3) is 11.0 Å². The van der Waals surface area contributed by atoms with E-state index in [-0.39, 0.29) is 49.3 Å². The molecule has 19 nitrogen and oxygen atoms in total. The van der Waals surface area contributed by atoms with Crippen LogP contribution < -0.4 is 15.1 Å². The van der Waals surface area contributed by atoms with Crippen LogP contribution in [0.2, 0.25) is 0 Å². The molecular weight excluding hydrogens is 889 g/mol. The third kappa shape index (κ3) is 11.8. The summed E-state index contributed by atoms with van der Waals surface area (Å²) in [5.41, 5.74) is -4.82. The maximum absolute atomic E-state index is 14.5. The summed E-state index contributed by atoms with van der Waals surface area (Å²) in [7, 11) is 8.11. The van der Waals surface area contributed by atoms with E-state index in [4.69, 9.17) is 47.1 Å². The first-order valence-electron chi connectivity index (χ1n) is 23.7. The van der Waals surface area contributed by atoms with Gasteiger partial charge in [0.05, 0.1) is 67.6 Å². The molecule has 3 fully saturated rings. The van der Waals surface area contributed by atoms with Gasteiger partial charge in [0.25, 0.3) is 0 Å². The summed E-state index contributed by atoms with van der Waals surface area (Å²) in [6.45, 7) is 16.5. The molecule has 0 spiro atoms. The maximum atomic E-state index is 14.5. The zero-order chi connectivity index (χ0) is 50.8. The lowest BCUT2D eigenvalue weighted by Crippen LogP contribution is -2.61. The summed E-state index contributed by atoms with van der Waals surface area (Å²) in [6, 6.07) is 4.07. The number of rotatable bonds is 12. The Bertz CT molecular complexity index is 2090. The minimum Gasteiger partial charge on any atom is -0.493 e. The lowest BCUT2D eigenvalue weighted by molar-refractivity contribution is -0.317. The number of hydrogen-bond donors (Lipinski definition) is 5. The molecule has 3 aliphatic rings. The fourth-order valence-corrected chi connectivity index (χ4v) is 10.4. The predicted molar refractivity (Wildman–Crippen MR) is 249 cm³/mol. The predicted octanol–water partition coefficient (Wildman–Crippen LogP) is 3.91. The van der Waals surface area contributed by atoms with Gasteiger partial charge in [0.1, 0.15) is 36.1 Å². The largest absolute Gasteiger partial charge is 0.493 e. The Morgan fingerprint density at radius 3 is 2.10 bits per heavy atom. The van der Waals surface area contributed by atoms with E-state index in [0.717, 1.165) is 0 Å². The van der Waals surface area contributed by atoms with Crippen LogP contribution in [0, 0.1) is 23.7 Å². The highest BCUT2D eigenvalue weighted by Crippen LogP contribution is 2.41. The zero-order valence-corrected chi connectivity index (χ0v) is 42.5. The fourth-order valence-electron chi connectivity index (χ4n) is 10.4. The third-order valence-corrected chi connectivity index (χ3v) is 14.6. The van der Waals surface area contributed by atoms with Crippen LogP contribution in [0.4, 0.5) is 0 Å². The van der Waals surface area contributed by atoms with Crippen molar-refractivity contribution >= 4 is 22.7 Å². The number of methoxy groups -OCH3 is 3. The van der Waals surface area contributed by atoms with Gasteiger partial charge >= 0.3 is 11.6 Å². The molecule has 3 saturated heterocycles. The van der Waals surface area contributed by atoms with Crippen molar-refractivity contribution < 1.29 is 77.5 Å². The number of carbonyl (C=O) groups is 1. The monoisotopic (exact) mass is 967 g/mol. The van der Waals surface area contributed by atoms with Gasteiger partial charge in [-0.15, -0.1) is 0 Å². The molecule has 0 saturated carbocycles. The van der Waals surface area contributed by atoms with Crippen LogP contribution in [-0.2, 0) is 44.7 Å². The molecule has 0 unspecified atom stereocenters. The smallest absolute Gasteiger partial charge is 0.336 e. The van der Waals surface area contributed by atoms with Crippen LogP contribution in [0.1, 0.15) is 100 Å². The van der Waals surface area contributed by atoms with Crippen molar-refractivity contribution in [2.45, 2.75) is 186 Å². The van der Waals surface area contributed by atoms with Crippen molar-refractivity contribution in [2.75, 3.05) is 35.4 Å². The molecule has 1 aromatic heterocycles. The first kappa shape index (κ1) is 55.5. The van der Waals surface area contributed by atoms with E-state index in [0.29, 0.717) is 28.9 Å². The van der Waals surface area contributed by atoms with E-state index in [1.54, 1.807) is 61.5 Å². The molecule has 0 radical (unpaired) electrons. The highest BCUT2D eigenvalue weighted by Gasteiger charge is 2.53. The number of aliphatic hydroxyl groups excluding tert-OH is 3. The van der Waals surface area contributed by atoms with Gasteiger partial charge in [-0.25, -0.2) is 4.79 Å². The summed E-state index contributed by atoms with van der Waals surface area (Å²) in [4.78, 5) is 35.2. The van der Waals surface area contributed by atoms with Crippen molar-refractivity contribution in [2.24, 2.45) is 28.8 Å². The minimum atomic E-state index is -2.05. The van der Waals surface area contributed by atoms with E-state index in [1.807, 2.05) is 25.9 Å². The van der Waals surface area contributed by atoms with Gasteiger partial charge in [-0.05, 0) is 81.0 Å². The average Bonchev–Trinajstić information content (AvgIpc) is 3.28. The summed E-state index contributed by atoms with van der Waals surface area (Å²) in [5, 5.41) is 65.2. The molecular formula is C49H78N2O17. The maximum Gasteiger partial charge on any atom is 0.336 e. The Morgan fingerprint density at radius 2 is 1.50 bits per heavy atom. The number of carbonyl (C=O) groups excluding carboxylic acids is 1. The molecule has 3 aliphatic heterocycles. The van der Waals surface area contributed by atoms with E-state index in [2.05, 4.69) is 5.16 Å². The number of fused-ring (bicyclic) bond motifs is 1. The topological polar surface area (TPSA) is 247 Å². The van der Waals surface area contributed by atoms with Crippen LogP contribution in [-0.4, -0.2) is 162 Å². The number of benzene rings is 1. The van der Waals surface area contributed by atoms with Crippen LogP contribution >= 0.6 is 0 Å². The van der Waals surface area contributed by atoms with Crippen LogP contribution in [0.15, 0.2) is 32.6 Å². The molecule has 0 bridgehead atoms. The Balaban J connectivity index is 1.64. The van der Waals surface area contributed by atoms with Crippen LogP contribution in [0.3, 0.4) is 0 Å². The van der Waals surface area contributed by atoms with Gasteiger partial charge in [0.2, 0.25) is 0 Å². The molecule has 0 amide bonds. The molecule has 4 heterocycles. The molecule has 19 heteroatoms. The molecule has 0 aliphatic carbocycles.